The van der Waals surface area contributed by atoms with E-state index in [1.165, 1.54) is 0 Å². The minimum atomic E-state index is -0.359. The summed E-state index contributed by atoms with van der Waals surface area (Å²) in [4.78, 5) is 26.4. The maximum atomic E-state index is 12.7. The van der Waals surface area contributed by atoms with Crippen molar-refractivity contribution in [3.63, 3.8) is 0 Å². The van der Waals surface area contributed by atoms with Gasteiger partial charge >= 0.3 is 0 Å². The number of hydrogen-bond acceptors (Lipinski definition) is 3. The summed E-state index contributed by atoms with van der Waals surface area (Å²) >= 11 is 0. The van der Waals surface area contributed by atoms with Crippen molar-refractivity contribution in [2.75, 3.05) is 13.1 Å². The van der Waals surface area contributed by atoms with Crippen molar-refractivity contribution >= 4 is 11.8 Å². The van der Waals surface area contributed by atoms with Gasteiger partial charge in [-0.05, 0) is 26.3 Å². The number of carbonyl (C=O) groups is 2. The van der Waals surface area contributed by atoms with Gasteiger partial charge < -0.3 is 10.2 Å². The fourth-order valence-corrected chi connectivity index (χ4v) is 2.62. The second kappa shape index (κ2) is 6.07. The molecule has 0 radical (unpaired) electrons. The monoisotopic (exact) mass is 278 g/mol. The number of aromatic nitrogens is 2. The normalized spacial score (nSPS) is 19.1. The highest BCUT2D eigenvalue weighted by molar-refractivity contribution is 5.97. The largest absolute Gasteiger partial charge is 0.353 e. The third-order valence-electron chi connectivity index (χ3n) is 3.57. The number of piperazine rings is 1. The highest BCUT2D eigenvalue weighted by atomic mass is 16.2. The fraction of sp³-hybridized carbons (Fsp3) is 0.643. The summed E-state index contributed by atoms with van der Waals surface area (Å²) in [6.45, 7) is 7.57. The lowest BCUT2D eigenvalue weighted by Gasteiger charge is -2.35. The number of aryl methyl sites for hydroxylation is 2. The third-order valence-corrected chi connectivity index (χ3v) is 3.57. The molecule has 1 aliphatic heterocycles. The molecule has 2 amide bonds. The first kappa shape index (κ1) is 14.6. The summed E-state index contributed by atoms with van der Waals surface area (Å²) in [5.74, 6) is -0.147. The predicted octanol–water partition coefficient (Wildman–Crippen LogP) is 0.952. The van der Waals surface area contributed by atoms with Crippen molar-refractivity contribution in [1.29, 1.82) is 0 Å². The van der Waals surface area contributed by atoms with Gasteiger partial charge in [0, 0.05) is 19.6 Å². The molecule has 0 spiro atoms. The first-order valence-electron chi connectivity index (χ1n) is 7.21. The van der Waals surface area contributed by atoms with Gasteiger partial charge in [0.25, 0.3) is 5.91 Å². The molecule has 1 aliphatic rings. The number of amides is 2. The van der Waals surface area contributed by atoms with Crippen LogP contribution in [0.3, 0.4) is 0 Å². The van der Waals surface area contributed by atoms with Gasteiger partial charge in [-0.2, -0.15) is 5.10 Å². The lowest BCUT2D eigenvalue weighted by molar-refractivity contribution is -0.128. The van der Waals surface area contributed by atoms with Gasteiger partial charge in [0.15, 0.2) is 0 Å². The summed E-state index contributed by atoms with van der Waals surface area (Å²) in [6, 6.07) is 1.43. The van der Waals surface area contributed by atoms with E-state index in [1.807, 2.05) is 20.8 Å². The molecule has 1 saturated heterocycles. The topological polar surface area (TPSA) is 67.2 Å². The number of nitrogens with zero attached hydrogens (tertiary/aromatic N) is 3. The molecule has 1 atom stereocenters. The van der Waals surface area contributed by atoms with E-state index in [2.05, 4.69) is 10.4 Å². The van der Waals surface area contributed by atoms with E-state index >= 15 is 0 Å². The van der Waals surface area contributed by atoms with Gasteiger partial charge in [0.1, 0.15) is 11.7 Å². The smallest absolute Gasteiger partial charge is 0.272 e. The Kier molecular flexibility index (Phi) is 4.42. The average Bonchev–Trinajstić information content (AvgIpc) is 2.81. The van der Waals surface area contributed by atoms with Crippen molar-refractivity contribution in [2.24, 2.45) is 0 Å². The first-order valence-corrected chi connectivity index (χ1v) is 7.21. The van der Waals surface area contributed by atoms with Gasteiger partial charge in [0.2, 0.25) is 5.91 Å². The minimum Gasteiger partial charge on any atom is -0.353 e. The zero-order chi connectivity index (χ0) is 14.7. The molecule has 0 aromatic carbocycles. The molecule has 6 nitrogen and oxygen atoms in total. The van der Waals surface area contributed by atoms with Crippen LogP contribution in [0.2, 0.25) is 0 Å². The van der Waals surface area contributed by atoms with Crippen molar-refractivity contribution in [2.45, 2.75) is 46.2 Å². The van der Waals surface area contributed by atoms with Gasteiger partial charge in [-0.1, -0.05) is 13.3 Å². The Labute approximate surface area is 119 Å². The van der Waals surface area contributed by atoms with Crippen LogP contribution in [0.5, 0.6) is 0 Å². The molecule has 1 aromatic rings. The van der Waals surface area contributed by atoms with Crippen molar-refractivity contribution < 1.29 is 9.59 Å². The minimum absolute atomic E-state index is 0.0502. The van der Waals surface area contributed by atoms with Crippen LogP contribution in [-0.4, -0.2) is 45.6 Å². The van der Waals surface area contributed by atoms with E-state index in [-0.39, 0.29) is 17.9 Å². The van der Waals surface area contributed by atoms with Gasteiger partial charge in [-0.25, -0.2) is 0 Å². The van der Waals surface area contributed by atoms with Crippen LogP contribution < -0.4 is 5.32 Å². The van der Waals surface area contributed by atoms with Crippen LogP contribution in [0.4, 0.5) is 0 Å². The molecule has 1 aromatic heterocycles. The third kappa shape index (κ3) is 2.69. The molecular formula is C14H22N4O2. The second-order valence-corrected chi connectivity index (χ2v) is 5.08. The average molecular weight is 278 g/mol. The van der Waals surface area contributed by atoms with Crippen LogP contribution >= 0.6 is 0 Å². The predicted molar refractivity (Wildman–Crippen MR) is 75.4 cm³/mol. The molecule has 6 heteroatoms. The maximum Gasteiger partial charge on any atom is 0.272 e. The molecule has 0 aliphatic carbocycles. The Bertz CT molecular complexity index is 509. The molecular weight excluding hydrogens is 256 g/mol. The van der Waals surface area contributed by atoms with E-state index in [4.69, 9.17) is 0 Å². The summed E-state index contributed by atoms with van der Waals surface area (Å²) in [5.41, 5.74) is 1.39. The van der Waals surface area contributed by atoms with Gasteiger partial charge in [-0.3, -0.25) is 14.3 Å². The van der Waals surface area contributed by atoms with Gasteiger partial charge in [-0.15, -0.1) is 0 Å². The number of hydrogen-bond donors (Lipinski definition) is 1. The summed E-state index contributed by atoms with van der Waals surface area (Å²) < 4.78 is 1.70. The molecule has 110 valence electrons. The number of carbonyl (C=O) groups excluding carboxylic acids is 2. The highest BCUT2D eigenvalue weighted by Crippen LogP contribution is 2.16. The summed E-state index contributed by atoms with van der Waals surface area (Å²) in [7, 11) is 0. The quantitative estimate of drug-likeness (QED) is 0.891. The fourth-order valence-electron chi connectivity index (χ4n) is 2.62. The van der Waals surface area contributed by atoms with Crippen LogP contribution in [0.15, 0.2) is 6.07 Å². The highest BCUT2D eigenvalue weighted by Gasteiger charge is 2.33. The second-order valence-electron chi connectivity index (χ2n) is 5.08. The zero-order valence-electron chi connectivity index (χ0n) is 12.3. The Morgan fingerprint density at radius 2 is 2.25 bits per heavy atom. The van der Waals surface area contributed by atoms with Crippen LogP contribution in [-0.2, 0) is 11.3 Å². The molecule has 0 bridgehead atoms. The van der Waals surface area contributed by atoms with E-state index in [0.717, 1.165) is 12.1 Å². The van der Waals surface area contributed by atoms with Crippen molar-refractivity contribution in [3.8, 4) is 0 Å². The summed E-state index contributed by atoms with van der Waals surface area (Å²) in [5, 5.41) is 7.14. The zero-order valence-corrected chi connectivity index (χ0v) is 12.3. The van der Waals surface area contributed by atoms with E-state index in [9.17, 15) is 9.59 Å². The van der Waals surface area contributed by atoms with Gasteiger partial charge in [0.05, 0.1) is 5.69 Å². The number of nitrogens with one attached hydrogen (secondary N) is 1. The Hall–Kier alpha value is -1.85. The number of rotatable bonds is 4. The van der Waals surface area contributed by atoms with Crippen molar-refractivity contribution in [1.82, 2.24) is 20.0 Å². The van der Waals surface area contributed by atoms with Crippen LogP contribution in [0.1, 0.15) is 42.9 Å². The lowest BCUT2D eigenvalue weighted by atomic mass is 10.1. The lowest BCUT2D eigenvalue weighted by Crippen LogP contribution is -2.57. The maximum absolute atomic E-state index is 12.7. The van der Waals surface area contributed by atoms with Crippen molar-refractivity contribution in [3.05, 3.63) is 17.5 Å². The van der Waals surface area contributed by atoms with E-state index in [0.29, 0.717) is 31.7 Å². The molecule has 2 heterocycles. The summed E-state index contributed by atoms with van der Waals surface area (Å²) in [6.07, 6.45) is 1.56. The molecule has 20 heavy (non-hydrogen) atoms. The van der Waals surface area contributed by atoms with Crippen LogP contribution in [0.25, 0.3) is 0 Å². The van der Waals surface area contributed by atoms with E-state index < -0.39 is 0 Å². The molecule has 1 fully saturated rings. The molecule has 1 unspecified atom stereocenters. The van der Waals surface area contributed by atoms with E-state index in [1.54, 1.807) is 15.6 Å². The SMILES string of the molecule is CCCC1C(=O)NCCN1C(=O)c1cc(C)nn1CC. The molecule has 1 N–H and O–H groups in total. The van der Waals surface area contributed by atoms with Crippen LogP contribution in [0, 0.1) is 6.92 Å². The Morgan fingerprint density at radius 1 is 1.50 bits per heavy atom. The standard InChI is InChI=1S/C14H22N4O2/c1-4-6-11-13(19)15-7-8-17(11)14(20)12-9-10(3)16-18(12)5-2/h9,11H,4-8H2,1-3H3,(H,15,19). The Morgan fingerprint density at radius 3 is 2.90 bits per heavy atom. The first-order chi connectivity index (χ1) is 9.58. The molecule has 0 saturated carbocycles. The molecule has 2 rings (SSSR count). The Balaban J connectivity index is 2.27.